The normalized spacial score (nSPS) is 11.4. The monoisotopic (exact) mass is 425 g/mol. The zero-order valence-electron chi connectivity index (χ0n) is 15.5. The van der Waals surface area contributed by atoms with E-state index >= 15 is 0 Å². The number of rotatable bonds is 8. The van der Waals surface area contributed by atoms with E-state index in [9.17, 15) is 18.0 Å². The molecule has 2 heterocycles. The standard InChI is InChI=1S/C19H18F3N3O3S/c1-2-9-27-14-6-5-12(19(20,21)22)11-13(14)23-16(26)7-8-17-24-18(25-28-17)15-4-3-10-29-15/h3-6,10-11H,2,7-9H2,1H3,(H,23,26). The highest BCUT2D eigenvalue weighted by Crippen LogP contribution is 2.35. The Balaban J connectivity index is 1.66. The Hall–Kier alpha value is -2.88. The number of thiophene rings is 1. The van der Waals surface area contributed by atoms with Crippen molar-refractivity contribution in [1.29, 1.82) is 0 Å². The molecule has 0 aliphatic carbocycles. The van der Waals surface area contributed by atoms with Gasteiger partial charge >= 0.3 is 6.18 Å². The minimum absolute atomic E-state index is 0.0249. The maximum atomic E-state index is 13.0. The number of aryl methyl sites for hydroxylation is 1. The van der Waals surface area contributed by atoms with Gasteiger partial charge in [0.25, 0.3) is 0 Å². The number of nitrogens with one attached hydrogen (secondary N) is 1. The second-order valence-electron chi connectivity index (χ2n) is 6.09. The largest absolute Gasteiger partial charge is 0.491 e. The Bertz CT molecular complexity index is 955. The van der Waals surface area contributed by atoms with Crippen molar-refractivity contribution in [3.63, 3.8) is 0 Å². The highest BCUT2D eigenvalue weighted by molar-refractivity contribution is 7.13. The van der Waals surface area contributed by atoms with Crippen molar-refractivity contribution in [2.24, 2.45) is 0 Å². The van der Waals surface area contributed by atoms with Gasteiger partial charge in [-0.1, -0.05) is 18.1 Å². The summed E-state index contributed by atoms with van der Waals surface area (Å²) in [4.78, 5) is 17.3. The van der Waals surface area contributed by atoms with E-state index in [1.165, 1.54) is 17.4 Å². The lowest BCUT2D eigenvalue weighted by molar-refractivity contribution is -0.137. The predicted molar refractivity (Wildman–Crippen MR) is 102 cm³/mol. The van der Waals surface area contributed by atoms with Crippen molar-refractivity contribution < 1.29 is 27.2 Å². The molecule has 0 radical (unpaired) electrons. The Morgan fingerprint density at radius 1 is 1.31 bits per heavy atom. The van der Waals surface area contributed by atoms with Gasteiger partial charge in [0.2, 0.25) is 17.6 Å². The minimum atomic E-state index is -4.52. The first-order valence-corrected chi connectivity index (χ1v) is 9.75. The van der Waals surface area contributed by atoms with Gasteiger partial charge in [0.05, 0.1) is 22.7 Å². The lowest BCUT2D eigenvalue weighted by atomic mass is 10.1. The second kappa shape index (κ2) is 9.08. The molecule has 0 saturated carbocycles. The molecule has 3 rings (SSSR count). The number of carbonyl (C=O) groups excluding carboxylic acids is 1. The molecular weight excluding hydrogens is 407 g/mol. The van der Waals surface area contributed by atoms with Crippen molar-refractivity contribution in [2.75, 3.05) is 11.9 Å². The smallest absolute Gasteiger partial charge is 0.416 e. The summed E-state index contributed by atoms with van der Waals surface area (Å²) in [7, 11) is 0. The van der Waals surface area contributed by atoms with Crippen molar-refractivity contribution in [2.45, 2.75) is 32.4 Å². The van der Waals surface area contributed by atoms with Crippen LogP contribution in [0.1, 0.15) is 31.2 Å². The van der Waals surface area contributed by atoms with Crippen LogP contribution in [-0.2, 0) is 17.4 Å². The molecule has 0 unspecified atom stereocenters. The SMILES string of the molecule is CCCOc1ccc(C(F)(F)F)cc1NC(=O)CCc1nc(-c2cccs2)no1. The summed E-state index contributed by atoms with van der Waals surface area (Å²) in [6, 6.07) is 6.70. The van der Waals surface area contributed by atoms with E-state index in [1.807, 2.05) is 24.4 Å². The number of hydrogen-bond acceptors (Lipinski definition) is 6. The third kappa shape index (κ3) is 5.57. The number of aromatic nitrogens is 2. The molecule has 1 amide bonds. The summed E-state index contributed by atoms with van der Waals surface area (Å²) in [5.74, 6) is 0.408. The van der Waals surface area contributed by atoms with Crippen LogP contribution in [0.2, 0.25) is 0 Å². The van der Waals surface area contributed by atoms with Gasteiger partial charge in [-0.2, -0.15) is 18.2 Å². The topological polar surface area (TPSA) is 77.2 Å². The number of halogens is 3. The molecule has 0 fully saturated rings. The number of hydrogen-bond donors (Lipinski definition) is 1. The molecule has 2 aromatic heterocycles. The van der Waals surface area contributed by atoms with Crippen molar-refractivity contribution in [3.8, 4) is 16.5 Å². The molecule has 29 heavy (non-hydrogen) atoms. The number of nitrogens with zero attached hydrogens (tertiary/aromatic N) is 2. The van der Waals surface area contributed by atoms with Gasteiger partial charge in [-0.15, -0.1) is 11.3 Å². The maximum Gasteiger partial charge on any atom is 0.416 e. The number of carbonyl (C=O) groups is 1. The third-order valence-corrected chi connectivity index (χ3v) is 4.68. The van der Waals surface area contributed by atoms with Crippen LogP contribution < -0.4 is 10.1 Å². The Labute approximate surface area is 168 Å². The van der Waals surface area contributed by atoms with E-state index in [2.05, 4.69) is 15.5 Å². The third-order valence-electron chi connectivity index (χ3n) is 3.82. The van der Waals surface area contributed by atoms with Gasteiger partial charge in [0.15, 0.2) is 0 Å². The Morgan fingerprint density at radius 2 is 2.14 bits per heavy atom. The van der Waals surface area contributed by atoms with E-state index in [0.717, 1.165) is 17.0 Å². The first kappa shape index (κ1) is 20.8. The fraction of sp³-hybridized carbons (Fsp3) is 0.316. The minimum Gasteiger partial charge on any atom is -0.491 e. The lowest BCUT2D eigenvalue weighted by Gasteiger charge is -2.15. The highest BCUT2D eigenvalue weighted by atomic mass is 32.1. The van der Waals surface area contributed by atoms with Gasteiger partial charge in [-0.3, -0.25) is 4.79 Å². The molecule has 0 bridgehead atoms. The van der Waals surface area contributed by atoms with Gasteiger partial charge in [-0.05, 0) is 36.1 Å². The maximum absolute atomic E-state index is 13.0. The first-order valence-electron chi connectivity index (χ1n) is 8.87. The van der Waals surface area contributed by atoms with E-state index in [1.54, 1.807) is 0 Å². The number of anilines is 1. The van der Waals surface area contributed by atoms with Crippen molar-refractivity contribution in [3.05, 3.63) is 47.2 Å². The quantitative estimate of drug-likeness (QED) is 0.538. The highest BCUT2D eigenvalue weighted by Gasteiger charge is 2.31. The average Bonchev–Trinajstić information content (AvgIpc) is 3.36. The van der Waals surface area contributed by atoms with Gasteiger partial charge in [0.1, 0.15) is 5.75 Å². The lowest BCUT2D eigenvalue weighted by Crippen LogP contribution is -2.15. The summed E-state index contributed by atoms with van der Waals surface area (Å²) in [5.41, 5.74) is -0.891. The van der Waals surface area contributed by atoms with Crippen LogP contribution in [0.5, 0.6) is 5.75 Å². The molecule has 1 N–H and O–H groups in total. The molecule has 10 heteroatoms. The number of benzene rings is 1. The summed E-state index contributed by atoms with van der Waals surface area (Å²) in [6.45, 7) is 2.19. The molecule has 0 aliphatic rings. The Kier molecular flexibility index (Phi) is 6.53. The van der Waals surface area contributed by atoms with Crippen LogP contribution in [0.25, 0.3) is 10.7 Å². The summed E-state index contributed by atoms with van der Waals surface area (Å²) >= 11 is 1.46. The molecule has 0 spiro atoms. The van der Waals surface area contributed by atoms with Crippen LogP contribution in [0.4, 0.5) is 18.9 Å². The number of ether oxygens (including phenoxy) is 1. The average molecular weight is 425 g/mol. The molecular formula is C19H18F3N3O3S. The molecule has 0 atom stereocenters. The van der Waals surface area contributed by atoms with Crippen LogP contribution in [0, 0.1) is 0 Å². The molecule has 0 aliphatic heterocycles. The number of alkyl halides is 3. The summed E-state index contributed by atoms with van der Waals surface area (Å²) in [6.07, 6.45) is -3.72. The summed E-state index contributed by atoms with van der Waals surface area (Å²) < 4.78 is 49.6. The molecule has 0 saturated heterocycles. The fourth-order valence-electron chi connectivity index (χ4n) is 2.44. The van der Waals surface area contributed by atoms with Gasteiger partial charge < -0.3 is 14.6 Å². The van der Waals surface area contributed by atoms with E-state index in [4.69, 9.17) is 9.26 Å². The fourth-order valence-corrected chi connectivity index (χ4v) is 3.09. The predicted octanol–water partition coefficient (Wildman–Crippen LogP) is 5.18. The summed E-state index contributed by atoms with van der Waals surface area (Å²) in [5, 5.41) is 8.22. The van der Waals surface area contributed by atoms with Crippen LogP contribution in [0.3, 0.4) is 0 Å². The van der Waals surface area contributed by atoms with E-state index in [-0.39, 0.29) is 30.2 Å². The van der Waals surface area contributed by atoms with Crippen LogP contribution >= 0.6 is 11.3 Å². The molecule has 1 aromatic carbocycles. The Morgan fingerprint density at radius 3 is 2.83 bits per heavy atom. The van der Waals surface area contributed by atoms with Crippen molar-refractivity contribution in [1.82, 2.24) is 10.1 Å². The molecule has 154 valence electrons. The van der Waals surface area contributed by atoms with Gasteiger partial charge in [-0.25, -0.2) is 0 Å². The first-order chi connectivity index (χ1) is 13.9. The van der Waals surface area contributed by atoms with Crippen LogP contribution in [0.15, 0.2) is 40.2 Å². The van der Waals surface area contributed by atoms with E-state index < -0.39 is 17.6 Å². The van der Waals surface area contributed by atoms with Crippen LogP contribution in [-0.4, -0.2) is 22.7 Å². The molecule has 6 nitrogen and oxygen atoms in total. The zero-order valence-corrected chi connectivity index (χ0v) is 16.3. The second-order valence-corrected chi connectivity index (χ2v) is 7.04. The molecule has 3 aromatic rings. The zero-order chi connectivity index (χ0) is 20.9. The number of amides is 1. The van der Waals surface area contributed by atoms with Gasteiger partial charge in [0, 0.05) is 12.8 Å². The van der Waals surface area contributed by atoms with E-state index in [0.29, 0.717) is 18.9 Å². The van der Waals surface area contributed by atoms with Crippen molar-refractivity contribution >= 4 is 22.9 Å².